The summed E-state index contributed by atoms with van der Waals surface area (Å²) in [4.78, 5) is 53.5. The number of carbonyl (C=O) groups is 4. The Hall–Kier alpha value is -5.17. The van der Waals surface area contributed by atoms with E-state index >= 15 is 0 Å². The summed E-state index contributed by atoms with van der Waals surface area (Å²) in [6.07, 6.45) is 4.71. The SMILES string of the molecule is O=C(Cc1ccc(F)cc1)NC(=O)Nc1ccc(Oc2ccncc2C=CC(=O)N(C(=O)O)C2CCNCC2)c(F)c1. The second-order valence-electron chi connectivity index (χ2n) is 9.27. The summed E-state index contributed by atoms with van der Waals surface area (Å²) in [6, 6.07) is 8.95. The number of pyridine rings is 1. The molecule has 1 fully saturated rings. The fourth-order valence-corrected chi connectivity index (χ4v) is 4.25. The van der Waals surface area contributed by atoms with E-state index in [0.29, 0.717) is 37.1 Å². The van der Waals surface area contributed by atoms with Gasteiger partial charge >= 0.3 is 12.1 Å². The highest BCUT2D eigenvalue weighted by Crippen LogP contribution is 2.29. The van der Waals surface area contributed by atoms with Crippen molar-refractivity contribution in [1.29, 1.82) is 0 Å². The molecular weight excluding hydrogens is 552 g/mol. The van der Waals surface area contributed by atoms with E-state index in [9.17, 15) is 33.1 Å². The van der Waals surface area contributed by atoms with Crippen molar-refractivity contribution >= 4 is 35.7 Å². The van der Waals surface area contributed by atoms with Crippen molar-refractivity contribution in [2.45, 2.75) is 25.3 Å². The zero-order chi connectivity index (χ0) is 30.1. The molecule has 1 aliphatic heterocycles. The number of hydrogen-bond donors (Lipinski definition) is 4. The van der Waals surface area contributed by atoms with Crippen molar-refractivity contribution in [3.05, 3.63) is 89.8 Å². The predicted molar refractivity (Wildman–Crippen MR) is 148 cm³/mol. The van der Waals surface area contributed by atoms with Crippen molar-refractivity contribution in [3.8, 4) is 11.5 Å². The monoisotopic (exact) mass is 579 g/mol. The molecule has 0 aliphatic carbocycles. The highest BCUT2D eigenvalue weighted by molar-refractivity contribution is 6.02. The van der Waals surface area contributed by atoms with Crippen molar-refractivity contribution < 1.29 is 37.8 Å². The van der Waals surface area contributed by atoms with Gasteiger partial charge in [0.15, 0.2) is 11.6 Å². The van der Waals surface area contributed by atoms with Crippen LogP contribution in [0.25, 0.3) is 6.08 Å². The lowest BCUT2D eigenvalue weighted by Gasteiger charge is -2.30. The maximum atomic E-state index is 14.9. The fourth-order valence-electron chi connectivity index (χ4n) is 4.25. The summed E-state index contributed by atoms with van der Waals surface area (Å²) in [5.74, 6) is -2.72. The van der Waals surface area contributed by atoms with E-state index in [4.69, 9.17) is 4.74 Å². The number of benzene rings is 2. The molecule has 0 saturated carbocycles. The zero-order valence-electron chi connectivity index (χ0n) is 22.2. The number of halogens is 2. The summed E-state index contributed by atoms with van der Waals surface area (Å²) in [5, 5.41) is 17.2. The topological polar surface area (TPSA) is 150 Å². The molecule has 1 aromatic heterocycles. The Labute approximate surface area is 239 Å². The maximum Gasteiger partial charge on any atom is 0.414 e. The number of rotatable bonds is 8. The van der Waals surface area contributed by atoms with Crippen LogP contribution < -0.4 is 20.7 Å². The molecule has 0 atom stereocenters. The minimum absolute atomic E-state index is 0.0408. The molecule has 1 saturated heterocycles. The highest BCUT2D eigenvalue weighted by atomic mass is 19.1. The number of carbonyl (C=O) groups excluding carboxylic acids is 3. The molecule has 11 nitrogen and oxygen atoms in total. The van der Waals surface area contributed by atoms with Crippen LogP contribution in [0.4, 0.5) is 24.1 Å². The Bertz CT molecular complexity index is 1490. The molecular formula is C29H27F2N5O6. The van der Waals surface area contributed by atoms with Gasteiger partial charge in [-0.05, 0) is 67.9 Å². The fraction of sp³-hybridized carbons (Fsp3) is 0.207. The molecule has 13 heteroatoms. The van der Waals surface area contributed by atoms with Gasteiger partial charge in [-0.25, -0.2) is 23.3 Å². The van der Waals surface area contributed by atoms with Gasteiger partial charge in [-0.3, -0.25) is 19.9 Å². The summed E-state index contributed by atoms with van der Waals surface area (Å²) in [7, 11) is 0. The van der Waals surface area contributed by atoms with Crippen LogP contribution in [-0.2, 0) is 16.0 Å². The number of urea groups is 1. The lowest BCUT2D eigenvalue weighted by Crippen LogP contribution is -2.48. The average molecular weight is 580 g/mol. The van der Waals surface area contributed by atoms with Gasteiger partial charge in [0, 0.05) is 41.8 Å². The number of nitrogens with one attached hydrogen (secondary N) is 3. The molecule has 2 aromatic carbocycles. The summed E-state index contributed by atoms with van der Waals surface area (Å²) < 4.78 is 33.5. The Morgan fingerprint density at radius 3 is 2.48 bits per heavy atom. The van der Waals surface area contributed by atoms with E-state index in [2.05, 4.69) is 20.9 Å². The highest BCUT2D eigenvalue weighted by Gasteiger charge is 2.29. The first-order valence-corrected chi connectivity index (χ1v) is 12.9. The Morgan fingerprint density at radius 1 is 1.05 bits per heavy atom. The largest absolute Gasteiger partial charge is 0.465 e. The first-order chi connectivity index (χ1) is 20.2. The summed E-state index contributed by atoms with van der Waals surface area (Å²) >= 11 is 0. The Kier molecular flexibility index (Phi) is 9.90. The molecule has 5 amide bonds. The van der Waals surface area contributed by atoms with Crippen molar-refractivity contribution in [2.75, 3.05) is 18.4 Å². The molecule has 4 rings (SSSR count). The van der Waals surface area contributed by atoms with Crippen LogP contribution in [-0.4, -0.2) is 58.1 Å². The van der Waals surface area contributed by atoms with Crippen LogP contribution in [0.2, 0.25) is 0 Å². The van der Waals surface area contributed by atoms with Gasteiger partial charge in [-0.1, -0.05) is 12.1 Å². The second-order valence-corrected chi connectivity index (χ2v) is 9.27. The van der Waals surface area contributed by atoms with Crippen molar-refractivity contribution in [3.63, 3.8) is 0 Å². The van der Waals surface area contributed by atoms with E-state index in [-0.39, 0.29) is 23.6 Å². The first-order valence-electron chi connectivity index (χ1n) is 12.9. The third-order valence-electron chi connectivity index (χ3n) is 6.27. The van der Waals surface area contributed by atoms with Crippen molar-refractivity contribution in [2.24, 2.45) is 0 Å². The predicted octanol–water partition coefficient (Wildman–Crippen LogP) is 4.31. The third kappa shape index (κ3) is 8.17. The molecule has 0 radical (unpaired) electrons. The number of hydrogen-bond acceptors (Lipinski definition) is 7. The van der Waals surface area contributed by atoms with Gasteiger partial charge in [0.1, 0.15) is 11.6 Å². The molecule has 42 heavy (non-hydrogen) atoms. The molecule has 0 spiro atoms. The smallest absolute Gasteiger partial charge is 0.414 e. The number of ether oxygens (including phenoxy) is 1. The van der Waals surface area contributed by atoms with E-state index in [1.54, 1.807) is 0 Å². The lowest BCUT2D eigenvalue weighted by molar-refractivity contribution is -0.126. The lowest BCUT2D eigenvalue weighted by atomic mass is 10.1. The quantitative estimate of drug-likeness (QED) is 0.288. The minimum atomic E-state index is -1.35. The van der Waals surface area contributed by atoms with E-state index in [1.807, 2.05) is 0 Å². The van der Waals surface area contributed by atoms with E-state index in [1.165, 1.54) is 60.9 Å². The van der Waals surface area contributed by atoms with Gasteiger partial charge < -0.3 is 20.5 Å². The Morgan fingerprint density at radius 2 is 1.79 bits per heavy atom. The molecule has 2 heterocycles. The third-order valence-corrected chi connectivity index (χ3v) is 6.27. The standard InChI is InChI=1S/C29H27F2N5O6/c30-20-4-1-18(2-5-20)15-26(37)35-28(39)34-21-6-7-25(23(31)16-21)42-24-11-14-33-17-19(24)3-8-27(38)36(29(40)41)22-9-12-32-13-10-22/h1-8,11,14,16-17,22,32H,9-10,12-13,15H2,(H,40,41)(H2,34,35,37,39). The maximum absolute atomic E-state index is 14.9. The van der Waals surface area contributed by atoms with Gasteiger partial charge in [0.05, 0.1) is 6.42 Å². The van der Waals surface area contributed by atoms with Crippen LogP contribution in [0.3, 0.4) is 0 Å². The normalized spacial score (nSPS) is 13.4. The zero-order valence-corrected chi connectivity index (χ0v) is 22.2. The molecule has 4 N–H and O–H groups in total. The number of carboxylic acid groups (broad SMARTS) is 1. The van der Waals surface area contributed by atoms with E-state index in [0.717, 1.165) is 17.0 Å². The van der Waals surface area contributed by atoms with Crippen molar-refractivity contribution in [1.82, 2.24) is 20.5 Å². The van der Waals surface area contributed by atoms with Crippen LogP contribution >= 0.6 is 0 Å². The van der Waals surface area contributed by atoms with Crippen LogP contribution in [0.1, 0.15) is 24.0 Å². The number of aromatic nitrogens is 1. The number of anilines is 1. The molecule has 218 valence electrons. The minimum Gasteiger partial charge on any atom is -0.465 e. The number of amides is 5. The van der Waals surface area contributed by atoms with Gasteiger partial charge in [-0.15, -0.1) is 0 Å². The first kappa shape index (κ1) is 29.8. The van der Waals surface area contributed by atoms with Crippen LogP contribution in [0.15, 0.2) is 67.0 Å². The molecule has 0 bridgehead atoms. The van der Waals surface area contributed by atoms with E-state index < -0.39 is 41.6 Å². The summed E-state index contributed by atoms with van der Waals surface area (Å²) in [5.41, 5.74) is 0.839. The van der Waals surface area contributed by atoms with Gasteiger partial charge in [0.2, 0.25) is 5.91 Å². The number of piperidine rings is 1. The van der Waals surface area contributed by atoms with Crippen LogP contribution in [0, 0.1) is 11.6 Å². The number of imide groups is 2. The summed E-state index contributed by atoms with van der Waals surface area (Å²) in [6.45, 7) is 1.21. The van der Waals surface area contributed by atoms with Gasteiger partial charge in [-0.2, -0.15) is 0 Å². The Balaban J connectivity index is 1.38. The average Bonchev–Trinajstić information content (AvgIpc) is 2.95. The molecule has 3 aromatic rings. The second kappa shape index (κ2) is 13.9. The van der Waals surface area contributed by atoms with Gasteiger partial charge in [0.25, 0.3) is 5.91 Å². The molecule has 0 unspecified atom stereocenters. The van der Waals surface area contributed by atoms with Crippen LogP contribution in [0.5, 0.6) is 11.5 Å². The molecule has 1 aliphatic rings. The number of nitrogens with zero attached hydrogens (tertiary/aromatic N) is 2.